The first-order valence-electron chi connectivity index (χ1n) is 7.59. The van der Waals surface area contributed by atoms with E-state index in [-0.39, 0.29) is 0 Å². The first-order valence-corrected chi connectivity index (χ1v) is 7.59. The van der Waals surface area contributed by atoms with Crippen molar-refractivity contribution >= 4 is 0 Å². The second-order valence-electron chi connectivity index (χ2n) is 6.02. The molecule has 3 nitrogen and oxygen atoms in total. The van der Waals surface area contributed by atoms with E-state index >= 15 is 0 Å². The Hall–Kier alpha value is -0.930. The quantitative estimate of drug-likeness (QED) is 0.816. The van der Waals surface area contributed by atoms with Crippen molar-refractivity contribution in [2.24, 2.45) is 5.92 Å². The summed E-state index contributed by atoms with van der Waals surface area (Å²) < 4.78 is 0. The summed E-state index contributed by atoms with van der Waals surface area (Å²) >= 11 is 0. The van der Waals surface area contributed by atoms with Crippen LogP contribution in [0.2, 0.25) is 0 Å². The molecule has 1 aliphatic heterocycles. The van der Waals surface area contributed by atoms with E-state index in [4.69, 9.17) is 0 Å². The van der Waals surface area contributed by atoms with Crippen LogP contribution in [-0.2, 0) is 6.42 Å². The topological polar surface area (TPSA) is 28.2 Å². The molecule has 1 aromatic rings. The Morgan fingerprint density at radius 3 is 2.95 bits per heavy atom. The highest BCUT2D eigenvalue weighted by Gasteiger charge is 2.18. The molecule has 1 N–H and O–H groups in total. The van der Waals surface area contributed by atoms with E-state index in [9.17, 15) is 0 Å². The van der Waals surface area contributed by atoms with Gasteiger partial charge < -0.3 is 10.2 Å². The largest absolute Gasteiger partial charge is 0.313 e. The van der Waals surface area contributed by atoms with Gasteiger partial charge in [0.15, 0.2) is 0 Å². The van der Waals surface area contributed by atoms with Gasteiger partial charge >= 0.3 is 0 Å². The maximum Gasteiger partial charge on any atom is 0.0416 e. The second kappa shape index (κ2) is 7.61. The molecule has 0 spiro atoms. The zero-order valence-electron chi connectivity index (χ0n) is 12.3. The van der Waals surface area contributed by atoms with Crippen LogP contribution < -0.4 is 5.32 Å². The molecule has 1 fully saturated rings. The van der Waals surface area contributed by atoms with Crippen LogP contribution in [0.4, 0.5) is 0 Å². The third-order valence-electron chi connectivity index (χ3n) is 3.67. The molecule has 0 bridgehead atoms. The molecule has 19 heavy (non-hydrogen) atoms. The average Bonchev–Trinajstić information content (AvgIpc) is 2.89. The zero-order chi connectivity index (χ0) is 13.5. The predicted molar refractivity (Wildman–Crippen MR) is 80.2 cm³/mol. The first kappa shape index (κ1) is 14.5. The summed E-state index contributed by atoms with van der Waals surface area (Å²) in [6.07, 6.45) is 5.61. The number of hydrogen-bond donors (Lipinski definition) is 1. The summed E-state index contributed by atoms with van der Waals surface area (Å²) in [6.45, 7) is 9.29. The summed E-state index contributed by atoms with van der Waals surface area (Å²) in [5.41, 5.74) is 1.20. The van der Waals surface area contributed by atoms with Gasteiger partial charge in [0.2, 0.25) is 0 Å². The monoisotopic (exact) mass is 261 g/mol. The number of nitrogens with zero attached hydrogens (tertiary/aromatic N) is 2. The summed E-state index contributed by atoms with van der Waals surface area (Å²) in [5.74, 6) is 0.727. The summed E-state index contributed by atoms with van der Waals surface area (Å²) in [4.78, 5) is 7.02. The number of nitrogens with one attached hydrogen (secondary N) is 1. The molecule has 0 aliphatic carbocycles. The highest BCUT2D eigenvalue weighted by Crippen LogP contribution is 2.09. The van der Waals surface area contributed by atoms with Crippen LogP contribution in [0.3, 0.4) is 0 Å². The fourth-order valence-electron chi connectivity index (χ4n) is 2.82. The van der Waals surface area contributed by atoms with Gasteiger partial charge in [-0.25, -0.2) is 0 Å². The van der Waals surface area contributed by atoms with Gasteiger partial charge in [-0.1, -0.05) is 19.9 Å². The lowest BCUT2D eigenvalue weighted by atomic mass is 10.1. The van der Waals surface area contributed by atoms with Crippen molar-refractivity contribution in [1.29, 1.82) is 0 Å². The lowest BCUT2D eigenvalue weighted by molar-refractivity contribution is 0.226. The molecule has 0 radical (unpaired) electrons. The second-order valence-corrected chi connectivity index (χ2v) is 6.02. The molecule has 1 aliphatic rings. The lowest BCUT2D eigenvalue weighted by Gasteiger charge is -2.27. The van der Waals surface area contributed by atoms with E-state index in [1.165, 1.54) is 38.2 Å². The Balaban J connectivity index is 1.82. The molecule has 0 amide bonds. The van der Waals surface area contributed by atoms with E-state index < -0.39 is 0 Å². The van der Waals surface area contributed by atoms with Crippen molar-refractivity contribution in [2.75, 3.05) is 26.2 Å². The van der Waals surface area contributed by atoms with Gasteiger partial charge in [-0.05, 0) is 37.4 Å². The highest BCUT2D eigenvalue weighted by molar-refractivity contribution is 5.03. The van der Waals surface area contributed by atoms with Crippen molar-refractivity contribution in [3.8, 4) is 0 Å². The molecule has 0 saturated carbocycles. The molecule has 0 aromatic carbocycles. The third-order valence-corrected chi connectivity index (χ3v) is 3.67. The smallest absolute Gasteiger partial charge is 0.0416 e. The highest BCUT2D eigenvalue weighted by atomic mass is 15.2. The molecule has 2 heterocycles. The normalized spacial score (nSPS) is 19.5. The van der Waals surface area contributed by atoms with Crippen molar-refractivity contribution in [2.45, 2.75) is 39.2 Å². The number of rotatable bonds is 7. The minimum atomic E-state index is 0.697. The summed E-state index contributed by atoms with van der Waals surface area (Å²) in [6, 6.07) is 6.88. The molecule has 1 unspecified atom stereocenters. The first-order chi connectivity index (χ1) is 9.24. The van der Waals surface area contributed by atoms with E-state index in [1.807, 2.05) is 12.3 Å². The maximum absolute atomic E-state index is 4.42. The van der Waals surface area contributed by atoms with E-state index in [1.54, 1.807) is 0 Å². The molecule has 1 saturated heterocycles. The van der Waals surface area contributed by atoms with Crippen molar-refractivity contribution in [1.82, 2.24) is 15.2 Å². The number of aromatic nitrogens is 1. The van der Waals surface area contributed by atoms with Crippen molar-refractivity contribution < 1.29 is 0 Å². The Morgan fingerprint density at radius 2 is 2.32 bits per heavy atom. The Labute approximate surface area is 117 Å². The van der Waals surface area contributed by atoms with Crippen LogP contribution in [-0.4, -0.2) is 42.1 Å². The fraction of sp³-hybridized carbons (Fsp3) is 0.688. The standard InChI is InChI=1S/C16H27N3/c1-14(2)12-19(13-16-7-5-10-18-16)11-8-15-6-3-4-9-17-15/h3-4,6,9,14,16,18H,5,7-8,10-13H2,1-2H3. The van der Waals surface area contributed by atoms with Crippen LogP contribution in [0.5, 0.6) is 0 Å². The minimum Gasteiger partial charge on any atom is -0.313 e. The van der Waals surface area contributed by atoms with Crippen molar-refractivity contribution in [3.63, 3.8) is 0 Å². The van der Waals surface area contributed by atoms with Crippen LogP contribution in [0, 0.1) is 5.92 Å². The Kier molecular flexibility index (Phi) is 5.80. The number of pyridine rings is 1. The van der Waals surface area contributed by atoms with Gasteiger partial charge in [0, 0.05) is 44.0 Å². The van der Waals surface area contributed by atoms with Crippen LogP contribution in [0.15, 0.2) is 24.4 Å². The SMILES string of the molecule is CC(C)CN(CCc1ccccn1)CC1CCCN1. The van der Waals surface area contributed by atoms with Gasteiger partial charge in [0.1, 0.15) is 0 Å². The summed E-state index contributed by atoms with van der Waals surface area (Å²) in [7, 11) is 0. The molecule has 106 valence electrons. The van der Waals surface area contributed by atoms with Crippen LogP contribution >= 0.6 is 0 Å². The van der Waals surface area contributed by atoms with E-state index in [2.05, 4.69) is 41.2 Å². The minimum absolute atomic E-state index is 0.697. The van der Waals surface area contributed by atoms with Gasteiger partial charge in [0.05, 0.1) is 0 Å². The van der Waals surface area contributed by atoms with Gasteiger partial charge in [0.25, 0.3) is 0 Å². The van der Waals surface area contributed by atoms with Gasteiger partial charge in [-0.2, -0.15) is 0 Å². The molecule has 3 heteroatoms. The van der Waals surface area contributed by atoms with Crippen LogP contribution in [0.1, 0.15) is 32.4 Å². The predicted octanol–water partition coefficient (Wildman–Crippen LogP) is 2.33. The van der Waals surface area contributed by atoms with Gasteiger partial charge in [-0.3, -0.25) is 4.98 Å². The summed E-state index contributed by atoms with van der Waals surface area (Å²) in [5, 5.41) is 3.60. The average molecular weight is 261 g/mol. The van der Waals surface area contributed by atoms with Crippen molar-refractivity contribution in [3.05, 3.63) is 30.1 Å². The third kappa shape index (κ3) is 5.29. The molecule has 2 rings (SSSR count). The maximum atomic E-state index is 4.42. The molecular weight excluding hydrogens is 234 g/mol. The lowest BCUT2D eigenvalue weighted by Crippen LogP contribution is -2.40. The molecule has 1 aromatic heterocycles. The van der Waals surface area contributed by atoms with E-state index in [0.717, 1.165) is 18.9 Å². The van der Waals surface area contributed by atoms with Crippen LogP contribution in [0.25, 0.3) is 0 Å². The number of hydrogen-bond acceptors (Lipinski definition) is 3. The Morgan fingerprint density at radius 1 is 1.42 bits per heavy atom. The van der Waals surface area contributed by atoms with Gasteiger partial charge in [-0.15, -0.1) is 0 Å². The van der Waals surface area contributed by atoms with E-state index in [0.29, 0.717) is 6.04 Å². The molecule has 1 atom stereocenters. The fourth-order valence-corrected chi connectivity index (χ4v) is 2.82. The Bertz CT molecular complexity index is 344. The molecular formula is C16H27N3. The zero-order valence-corrected chi connectivity index (χ0v) is 12.3.